The van der Waals surface area contributed by atoms with Crippen LogP contribution in [-0.4, -0.2) is 53.0 Å². The highest BCUT2D eigenvalue weighted by Crippen LogP contribution is 2.21. The largest absolute Gasteiger partial charge is 0.464 e. The summed E-state index contributed by atoms with van der Waals surface area (Å²) in [5, 5.41) is 0. The van der Waals surface area contributed by atoms with E-state index in [-0.39, 0.29) is 11.9 Å². The molecule has 1 aliphatic rings. The van der Waals surface area contributed by atoms with Crippen LogP contribution in [0.4, 0.5) is 0 Å². The molecule has 104 valence electrons. The minimum atomic E-state index is -0.910. The smallest absolute Gasteiger partial charge is 0.329 e. The van der Waals surface area contributed by atoms with E-state index in [0.29, 0.717) is 25.3 Å². The fourth-order valence-electron chi connectivity index (χ4n) is 1.76. The van der Waals surface area contributed by atoms with Gasteiger partial charge in [0.2, 0.25) is 5.91 Å². The third-order valence-corrected chi connectivity index (χ3v) is 4.19. The van der Waals surface area contributed by atoms with Gasteiger partial charge in [0.05, 0.1) is 12.1 Å². The van der Waals surface area contributed by atoms with Gasteiger partial charge in [-0.2, -0.15) is 11.8 Å². The third-order valence-electron chi connectivity index (χ3n) is 3.17. The monoisotopic (exact) mass is 274 g/mol. The molecule has 2 atom stereocenters. The standard InChI is InChI=1S/C12H22N2O3S/c1-4-12(3,13)11(16)14-6-7-18-8-9(14)10(15)17-5-2/h9H,4-8,13H2,1-3H3. The Kier molecular flexibility index (Phi) is 5.47. The lowest BCUT2D eigenvalue weighted by atomic mass is 9.97. The minimum Gasteiger partial charge on any atom is -0.464 e. The van der Waals surface area contributed by atoms with Crippen LogP contribution in [0.2, 0.25) is 0 Å². The van der Waals surface area contributed by atoms with Crippen molar-refractivity contribution in [2.45, 2.75) is 38.8 Å². The number of nitrogens with two attached hydrogens (primary N) is 1. The average molecular weight is 274 g/mol. The summed E-state index contributed by atoms with van der Waals surface area (Å²) in [5.74, 6) is 0.930. The number of thioether (sulfide) groups is 1. The molecule has 2 unspecified atom stereocenters. The molecule has 0 aromatic carbocycles. The predicted molar refractivity (Wildman–Crippen MR) is 72.3 cm³/mol. The maximum absolute atomic E-state index is 12.4. The van der Waals surface area contributed by atoms with Gasteiger partial charge in [-0.25, -0.2) is 4.79 Å². The van der Waals surface area contributed by atoms with E-state index in [1.54, 1.807) is 30.5 Å². The van der Waals surface area contributed by atoms with Crippen molar-refractivity contribution < 1.29 is 14.3 Å². The van der Waals surface area contributed by atoms with Gasteiger partial charge >= 0.3 is 5.97 Å². The molecule has 1 fully saturated rings. The van der Waals surface area contributed by atoms with E-state index in [1.165, 1.54) is 0 Å². The number of nitrogens with zero attached hydrogens (tertiary/aromatic N) is 1. The fraction of sp³-hybridized carbons (Fsp3) is 0.833. The number of ether oxygens (including phenoxy) is 1. The molecular weight excluding hydrogens is 252 g/mol. The second-order valence-corrected chi connectivity index (χ2v) is 5.76. The van der Waals surface area contributed by atoms with Gasteiger partial charge in [-0.15, -0.1) is 0 Å². The highest BCUT2D eigenvalue weighted by molar-refractivity contribution is 7.99. The zero-order chi connectivity index (χ0) is 13.8. The second kappa shape index (κ2) is 6.43. The van der Waals surface area contributed by atoms with Gasteiger partial charge < -0.3 is 15.4 Å². The van der Waals surface area contributed by atoms with Crippen molar-refractivity contribution >= 4 is 23.6 Å². The van der Waals surface area contributed by atoms with Gasteiger partial charge in [-0.05, 0) is 20.3 Å². The van der Waals surface area contributed by atoms with Gasteiger partial charge in [0.25, 0.3) is 0 Å². The van der Waals surface area contributed by atoms with Crippen LogP contribution in [0.5, 0.6) is 0 Å². The summed E-state index contributed by atoms with van der Waals surface area (Å²) in [4.78, 5) is 25.8. The zero-order valence-electron chi connectivity index (χ0n) is 11.3. The van der Waals surface area contributed by atoms with Gasteiger partial charge in [0.1, 0.15) is 6.04 Å². The summed E-state index contributed by atoms with van der Waals surface area (Å²) < 4.78 is 5.02. The molecule has 1 rings (SSSR count). The maximum atomic E-state index is 12.4. The summed E-state index contributed by atoms with van der Waals surface area (Å²) >= 11 is 1.66. The Labute approximate surface area is 112 Å². The molecule has 0 aromatic heterocycles. The van der Waals surface area contributed by atoms with Crippen molar-refractivity contribution in [3.63, 3.8) is 0 Å². The summed E-state index contributed by atoms with van der Waals surface area (Å²) in [7, 11) is 0. The van der Waals surface area contributed by atoms with Crippen molar-refractivity contribution in [1.82, 2.24) is 4.90 Å². The van der Waals surface area contributed by atoms with Crippen LogP contribution in [0.25, 0.3) is 0 Å². The number of rotatable bonds is 4. The van der Waals surface area contributed by atoms with Crippen LogP contribution in [-0.2, 0) is 14.3 Å². The lowest BCUT2D eigenvalue weighted by molar-refractivity contribution is -0.155. The van der Waals surface area contributed by atoms with Crippen LogP contribution in [0.1, 0.15) is 27.2 Å². The normalized spacial score (nSPS) is 23.3. The molecule has 1 saturated heterocycles. The van der Waals surface area contributed by atoms with Crippen LogP contribution < -0.4 is 5.73 Å². The van der Waals surface area contributed by atoms with E-state index in [9.17, 15) is 9.59 Å². The van der Waals surface area contributed by atoms with Gasteiger partial charge in [-0.1, -0.05) is 6.92 Å². The number of hydrogen-bond acceptors (Lipinski definition) is 5. The Balaban J connectivity index is 2.82. The zero-order valence-corrected chi connectivity index (χ0v) is 12.1. The number of carbonyl (C=O) groups excluding carboxylic acids is 2. The highest BCUT2D eigenvalue weighted by Gasteiger charge is 2.39. The molecule has 0 spiro atoms. The van der Waals surface area contributed by atoms with E-state index >= 15 is 0 Å². The molecular formula is C12H22N2O3S. The van der Waals surface area contributed by atoms with E-state index in [0.717, 1.165) is 5.75 Å². The minimum absolute atomic E-state index is 0.164. The second-order valence-electron chi connectivity index (χ2n) is 4.61. The lowest BCUT2D eigenvalue weighted by Crippen LogP contribution is -2.60. The highest BCUT2D eigenvalue weighted by atomic mass is 32.2. The topological polar surface area (TPSA) is 72.6 Å². The van der Waals surface area contributed by atoms with Crippen molar-refractivity contribution in [2.75, 3.05) is 24.7 Å². The van der Waals surface area contributed by atoms with Crippen LogP contribution in [0.15, 0.2) is 0 Å². The number of carbonyl (C=O) groups is 2. The van der Waals surface area contributed by atoms with Crippen LogP contribution in [0.3, 0.4) is 0 Å². The van der Waals surface area contributed by atoms with Gasteiger partial charge in [-0.3, -0.25) is 4.79 Å². The molecule has 0 aromatic rings. The molecule has 18 heavy (non-hydrogen) atoms. The Hall–Kier alpha value is -0.750. The quantitative estimate of drug-likeness (QED) is 0.761. The van der Waals surface area contributed by atoms with E-state index < -0.39 is 11.6 Å². The lowest BCUT2D eigenvalue weighted by Gasteiger charge is -2.38. The maximum Gasteiger partial charge on any atom is 0.329 e. The molecule has 1 aliphatic heterocycles. The summed E-state index contributed by atoms with van der Waals surface area (Å²) in [6.45, 7) is 6.23. The molecule has 1 heterocycles. The molecule has 0 bridgehead atoms. The average Bonchev–Trinajstić information content (AvgIpc) is 2.38. The van der Waals surface area contributed by atoms with Gasteiger partial charge in [0.15, 0.2) is 0 Å². The van der Waals surface area contributed by atoms with Crippen LogP contribution in [0, 0.1) is 0 Å². The Morgan fingerprint density at radius 2 is 2.17 bits per heavy atom. The van der Waals surface area contributed by atoms with Crippen molar-refractivity contribution in [1.29, 1.82) is 0 Å². The molecule has 0 radical (unpaired) electrons. The first-order chi connectivity index (χ1) is 8.44. The predicted octanol–water partition coefficient (Wildman–Crippen LogP) is 0.621. The third kappa shape index (κ3) is 3.38. The summed E-state index contributed by atoms with van der Waals surface area (Å²) in [6, 6.07) is -0.495. The molecule has 0 aliphatic carbocycles. The molecule has 6 heteroatoms. The van der Waals surface area contributed by atoms with Gasteiger partial charge in [0, 0.05) is 18.1 Å². The Morgan fingerprint density at radius 3 is 2.72 bits per heavy atom. The Bertz CT molecular complexity index is 320. The van der Waals surface area contributed by atoms with E-state index in [4.69, 9.17) is 10.5 Å². The summed E-state index contributed by atoms with van der Waals surface area (Å²) in [5.41, 5.74) is 5.07. The number of hydrogen-bond donors (Lipinski definition) is 1. The molecule has 5 nitrogen and oxygen atoms in total. The first-order valence-electron chi connectivity index (χ1n) is 6.28. The van der Waals surface area contributed by atoms with Crippen molar-refractivity contribution in [2.24, 2.45) is 5.73 Å². The Morgan fingerprint density at radius 1 is 1.50 bits per heavy atom. The SMILES string of the molecule is CCOC(=O)C1CSCCN1C(=O)C(C)(N)CC. The van der Waals surface area contributed by atoms with E-state index in [1.807, 2.05) is 6.92 Å². The summed E-state index contributed by atoms with van der Waals surface area (Å²) in [6.07, 6.45) is 0.547. The molecule has 1 amide bonds. The van der Waals surface area contributed by atoms with Crippen molar-refractivity contribution in [3.8, 4) is 0 Å². The first kappa shape index (κ1) is 15.3. The molecule has 0 saturated carbocycles. The fourth-order valence-corrected chi connectivity index (χ4v) is 2.79. The van der Waals surface area contributed by atoms with Crippen LogP contribution >= 0.6 is 11.8 Å². The number of esters is 1. The molecule has 2 N–H and O–H groups in total. The van der Waals surface area contributed by atoms with Crippen molar-refractivity contribution in [3.05, 3.63) is 0 Å². The van der Waals surface area contributed by atoms with E-state index in [2.05, 4.69) is 0 Å². The number of amides is 1. The first-order valence-corrected chi connectivity index (χ1v) is 7.43.